The van der Waals surface area contributed by atoms with Crippen LogP contribution in [-0.4, -0.2) is 15.6 Å². The standard InChI is InChI=1S/C14H15NO2/c1-3-15-9-11(8-13(15)14(16)17)12-7-5-4-6-10(12)2/h4-9H,3H2,1-2H3,(H,16,17). The normalized spacial score (nSPS) is 10.5. The predicted molar refractivity (Wildman–Crippen MR) is 67.2 cm³/mol. The van der Waals surface area contributed by atoms with E-state index >= 15 is 0 Å². The molecule has 0 atom stereocenters. The Morgan fingerprint density at radius 2 is 2.06 bits per heavy atom. The van der Waals surface area contributed by atoms with Gasteiger partial charge in [-0.1, -0.05) is 24.3 Å². The summed E-state index contributed by atoms with van der Waals surface area (Å²) in [6, 6.07) is 9.71. The van der Waals surface area contributed by atoms with Crippen molar-refractivity contribution in [2.75, 3.05) is 0 Å². The molecule has 0 radical (unpaired) electrons. The maximum absolute atomic E-state index is 11.1. The Morgan fingerprint density at radius 3 is 2.59 bits per heavy atom. The van der Waals surface area contributed by atoms with Gasteiger partial charge in [-0.15, -0.1) is 0 Å². The van der Waals surface area contributed by atoms with Crippen LogP contribution in [0.25, 0.3) is 11.1 Å². The van der Waals surface area contributed by atoms with E-state index < -0.39 is 5.97 Å². The van der Waals surface area contributed by atoms with Crippen molar-refractivity contribution in [3.05, 3.63) is 47.8 Å². The summed E-state index contributed by atoms with van der Waals surface area (Å²) < 4.78 is 1.75. The first kappa shape index (κ1) is 11.5. The lowest BCUT2D eigenvalue weighted by molar-refractivity contribution is 0.0685. The van der Waals surface area contributed by atoms with E-state index in [9.17, 15) is 4.79 Å². The molecule has 88 valence electrons. The Labute approximate surface area is 100 Å². The first-order valence-electron chi connectivity index (χ1n) is 5.63. The first-order valence-corrected chi connectivity index (χ1v) is 5.63. The van der Waals surface area contributed by atoms with E-state index in [4.69, 9.17) is 5.11 Å². The van der Waals surface area contributed by atoms with Crippen molar-refractivity contribution in [1.29, 1.82) is 0 Å². The average molecular weight is 229 g/mol. The van der Waals surface area contributed by atoms with Crippen LogP contribution in [0, 0.1) is 6.92 Å². The van der Waals surface area contributed by atoms with E-state index in [2.05, 4.69) is 0 Å². The van der Waals surface area contributed by atoms with Crippen LogP contribution in [0.1, 0.15) is 23.0 Å². The number of rotatable bonds is 3. The summed E-state index contributed by atoms with van der Waals surface area (Å²) in [5.74, 6) is -0.883. The van der Waals surface area contributed by atoms with Crippen LogP contribution in [0.15, 0.2) is 36.5 Å². The molecule has 3 heteroatoms. The van der Waals surface area contributed by atoms with E-state index in [0.717, 1.165) is 16.7 Å². The van der Waals surface area contributed by atoms with Gasteiger partial charge in [0.05, 0.1) is 0 Å². The number of aromatic carboxylic acids is 1. The van der Waals surface area contributed by atoms with E-state index in [1.165, 1.54) is 0 Å². The number of benzene rings is 1. The monoisotopic (exact) mass is 229 g/mol. The molecule has 3 nitrogen and oxygen atoms in total. The fourth-order valence-electron chi connectivity index (χ4n) is 2.00. The van der Waals surface area contributed by atoms with Crippen LogP contribution in [0.5, 0.6) is 0 Å². The number of aromatic nitrogens is 1. The average Bonchev–Trinajstić information content (AvgIpc) is 2.73. The highest BCUT2D eigenvalue weighted by atomic mass is 16.4. The molecular formula is C14H15NO2. The lowest BCUT2D eigenvalue weighted by atomic mass is 10.0. The fourth-order valence-corrected chi connectivity index (χ4v) is 2.00. The number of hydrogen-bond donors (Lipinski definition) is 1. The van der Waals surface area contributed by atoms with Crippen molar-refractivity contribution in [3.63, 3.8) is 0 Å². The van der Waals surface area contributed by atoms with Gasteiger partial charge < -0.3 is 9.67 Å². The third-order valence-corrected chi connectivity index (χ3v) is 2.91. The number of nitrogens with zero attached hydrogens (tertiary/aromatic N) is 1. The van der Waals surface area contributed by atoms with Gasteiger partial charge in [0.15, 0.2) is 0 Å². The Bertz CT molecular complexity index is 555. The van der Waals surface area contributed by atoms with Crippen LogP contribution in [0.3, 0.4) is 0 Å². The maximum atomic E-state index is 11.1. The lowest BCUT2D eigenvalue weighted by Gasteiger charge is -2.02. The summed E-state index contributed by atoms with van der Waals surface area (Å²) in [7, 11) is 0. The zero-order valence-corrected chi connectivity index (χ0v) is 9.97. The molecule has 2 aromatic rings. The Kier molecular flexibility index (Phi) is 3.00. The van der Waals surface area contributed by atoms with Crippen LogP contribution < -0.4 is 0 Å². The van der Waals surface area contributed by atoms with Gasteiger partial charge >= 0.3 is 5.97 Å². The maximum Gasteiger partial charge on any atom is 0.352 e. The SMILES string of the molecule is CCn1cc(-c2ccccc2C)cc1C(=O)O. The smallest absolute Gasteiger partial charge is 0.352 e. The molecule has 0 spiro atoms. The minimum absolute atomic E-state index is 0.339. The molecule has 0 aliphatic carbocycles. The molecule has 1 aromatic carbocycles. The molecule has 1 aromatic heterocycles. The molecule has 0 aliphatic rings. The van der Waals surface area contributed by atoms with E-state index in [1.54, 1.807) is 10.6 Å². The quantitative estimate of drug-likeness (QED) is 0.878. The van der Waals surface area contributed by atoms with Crippen molar-refractivity contribution < 1.29 is 9.90 Å². The summed E-state index contributed by atoms with van der Waals surface area (Å²) in [5, 5.41) is 9.11. The Balaban J connectivity index is 2.54. The van der Waals surface area contributed by atoms with Gasteiger partial charge in [-0.25, -0.2) is 4.79 Å². The molecule has 17 heavy (non-hydrogen) atoms. The van der Waals surface area contributed by atoms with Gasteiger partial charge in [0.2, 0.25) is 0 Å². The molecule has 0 unspecified atom stereocenters. The number of aryl methyl sites for hydroxylation is 2. The molecule has 0 fully saturated rings. The van der Waals surface area contributed by atoms with Crippen molar-refractivity contribution in [1.82, 2.24) is 4.57 Å². The van der Waals surface area contributed by atoms with E-state index in [0.29, 0.717) is 12.2 Å². The largest absolute Gasteiger partial charge is 0.477 e. The van der Waals surface area contributed by atoms with E-state index in [1.807, 2.05) is 44.3 Å². The number of carboxylic acid groups (broad SMARTS) is 1. The van der Waals surface area contributed by atoms with Gasteiger partial charge in [0.25, 0.3) is 0 Å². The van der Waals surface area contributed by atoms with Crippen molar-refractivity contribution in [3.8, 4) is 11.1 Å². The Morgan fingerprint density at radius 1 is 1.35 bits per heavy atom. The highest BCUT2D eigenvalue weighted by Crippen LogP contribution is 2.25. The zero-order valence-electron chi connectivity index (χ0n) is 9.97. The third-order valence-electron chi connectivity index (χ3n) is 2.91. The second kappa shape index (κ2) is 4.45. The number of carboxylic acids is 1. The highest BCUT2D eigenvalue weighted by Gasteiger charge is 2.13. The predicted octanol–water partition coefficient (Wildman–Crippen LogP) is 3.18. The number of hydrogen-bond acceptors (Lipinski definition) is 1. The third kappa shape index (κ3) is 2.09. The van der Waals surface area contributed by atoms with Gasteiger partial charge in [0, 0.05) is 18.3 Å². The molecule has 1 N–H and O–H groups in total. The van der Waals surface area contributed by atoms with Gasteiger partial charge in [-0.3, -0.25) is 0 Å². The van der Waals surface area contributed by atoms with Crippen molar-refractivity contribution in [2.24, 2.45) is 0 Å². The molecule has 2 rings (SSSR count). The lowest BCUT2D eigenvalue weighted by Crippen LogP contribution is -2.05. The molecule has 0 aliphatic heterocycles. The Hall–Kier alpha value is -2.03. The van der Waals surface area contributed by atoms with Gasteiger partial charge in [0.1, 0.15) is 5.69 Å². The molecule has 0 saturated carbocycles. The first-order chi connectivity index (χ1) is 8.13. The molecular weight excluding hydrogens is 214 g/mol. The van der Waals surface area contributed by atoms with Crippen LogP contribution >= 0.6 is 0 Å². The minimum Gasteiger partial charge on any atom is -0.477 e. The molecule has 0 amide bonds. The van der Waals surface area contributed by atoms with Gasteiger partial charge in [-0.05, 0) is 31.0 Å². The van der Waals surface area contributed by atoms with Crippen LogP contribution in [0.4, 0.5) is 0 Å². The summed E-state index contributed by atoms with van der Waals surface area (Å²) in [6.45, 7) is 4.63. The van der Waals surface area contributed by atoms with Crippen molar-refractivity contribution >= 4 is 5.97 Å². The summed E-state index contributed by atoms with van der Waals surface area (Å²) in [6.07, 6.45) is 1.89. The van der Waals surface area contributed by atoms with E-state index in [-0.39, 0.29) is 0 Å². The van der Waals surface area contributed by atoms with Crippen LogP contribution in [-0.2, 0) is 6.54 Å². The molecule has 0 bridgehead atoms. The highest BCUT2D eigenvalue weighted by molar-refractivity contribution is 5.88. The second-order valence-electron chi connectivity index (χ2n) is 4.02. The van der Waals surface area contributed by atoms with Crippen molar-refractivity contribution in [2.45, 2.75) is 20.4 Å². The molecule has 1 heterocycles. The summed E-state index contributed by atoms with van der Waals surface area (Å²) in [5.41, 5.74) is 3.54. The fraction of sp³-hybridized carbons (Fsp3) is 0.214. The van der Waals surface area contributed by atoms with Gasteiger partial charge in [-0.2, -0.15) is 0 Å². The number of carbonyl (C=O) groups is 1. The zero-order chi connectivity index (χ0) is 12.4. The van der Waals surface area contributed by atoms with Crippen LogP contribution in [0.2, 0.25) is 0 Å². The minimum atomic E-state index is -0.883. The topological polar surface area (TPSA) is 42.2 Å². The second-order valence-corrected chi connectivity index (χ2v) is 4.02. The summed E-state index contributed by atoms with van der Waals surface area (Å²) in [4.78, 5) is 11.1. The molecule has 0 saturated heterocycles. The summed E-state index contributed by atoms with van der Waals surface area (Å²) >= 11 is 0.